The quantitative estimate of drug-likeness (QED) is 0.827. The van der Waals surface area contributed by atoms with Crippen molar-refractivity contribution in [2.75, 3.05) is 36.4 Å². The predicted molar refractivity (Wildman–Crippen MR) is 103 cm³/mol. The van der Waals surface area contributed by atoms with E-state index in [0.717, 1.165) is 41.9 Å². The van der Waals surface area contributed by atoms with Crippen molar-refractivity contribution >= 4 is 33.3 Å². The fourth-order valence-electron chi connectivity index (χ4n) is 2.94. The minimum absolute atomic E-state index is 0.0248. The number of carbonyl (C=O) groups excluding carboxylic acids is 1. The van der Waals surface area contributed by atoms with Gasteiger partial charge in [-0.25, -0.2) is 4.79 Å². The molecule has 4 nitrogen and oxygen atoms in total. The van der Waals surface area contributed by atoms with Gasteiger partial charge in [0, 0.05) is 36.3 Å². The third-order valence-corrected chi connectivity index (χ3v) is 4.92. The Labute approximate surface area is 151 Å². The maximum absolute atomic E-state index is 12.4. The Kier molecular flexibility index (Phi) is 5.09. The molecule has 1 saturated heterocycles. The molecule has 0 bridgehead atoms. The number of benzene rings is 2. The van der Waals surface area contributed by atoms with Crippen molar-refractivity contribution in [1.29, 1.82) is 0 Å². The fraction of sp³-hybridized carbons (Fsp3) is 0.316. The van der Waals surface area contributed by atoms with E-state index < -0.39 is 0 Å². The van der Waals surface area contributed by atoms with Crippen LogP contribution in [0.4, 0.5) is 16.2 Å². The summed E-state index contributed by atoms with van der Waals surface area (Å²) in [6.07, 6.45) is 0. The Hall–Kier alpha value is -2.01. The van der Waals surface area contributed by atoms with Crippen molar-refractivity contribution in [1.82, 2.24) is 4.90 Å². The first-order valence-corrected chi connectivity index (χ1v) is 8.96. The van der Waals surface area contributed by atoms with Gasteiger partial charge < -0.3 is 15.1 Å². The maximum Gasteiger partial charge on any atom is 0.321 e. The van der Waals surface area contributed by atoms with Crippen LogP contribution in [-0.2, 0) is 0 Å². The van der Waals surface area contributed by atoms with Crippen LogP contribution in [0.5, 0.6) is 0 Å². The smallest absolute Gasteiger partial charge is 0.321 e. The number of hydrogen-bond donors (Lipinski definition) is 1. The maximum atomic E-state index is 12.4. The van der Waals surface area contributed by atoms with E-state index >= 15 is 0 Å². The van der Waals surface area contributed by atoms with Crippen LogP contribution in [0.15, 0.2) is 46.9 Å². The number of piperazine rings is 1. The summed E-state index contributed by atoms with van der Waals surface area (Å²) in [5, 5.41) is 2.99. The van der Waals surface area contributed by atoms with Crippen LogP contribution in [0.25, 0.3) is 0 Å². The van der Waals surface area contributed by atoms with Gasteiger partial charge in [0.15, 0.2) is 0 Å². The lowest BCUT2D eigenvalue weighted by atomic mass is 10.2. The van der Waals surface area contributed by atoms with Crippen molar-refractivity contribution in [3.8, 4) is 0 Å². The Balaban J connectivity index is 1.59. The molecule has 126 valence electrons. The van der Waals surface area contributed by atoms with Gasteiger partial charge in [0.1, 0.15) is 0 Å². The second-order valence-electron chi connectivity index (χ2n) is 6.23. The molecule has 1 aliphatic heterocycles. The van der Waals surface area contributed by atoms with Gasteiger partial charge in [0.2, 0.25) is 0 Å². The van der Waals surface area contributed by atoms with Crippen LogP contribution in [0.2, 0.25) is 0 Å². The summed E-state index contributed by atoms with van der Waals surface area (Å²) in [7, 11) is 0. The molecule has 0 saturated carbocycles. The molecule has 5 heteroatoms. The van der Waals surface area contributed by atoms with E-state index in [1.165, 1.54) is 11.3 Å². The van der Waals surface area contributed by atoms with E-state index in [1.54, 1.807) is 0 Å². The lowest BCUT2D eigenvalue weighted by molar-refractivity contribution is 0.208. The zero-order valence-corrected chi connectivity index (χ0v) is 15.6. The summed E-state index contributed by atoms with van der Waals surface area (Å²) in [5.41, 5.74) is 4.42. The van der Waals surface area contributed by atoms with Crippen molar-refractivity contribution in [3.05, 3.63) is 58.1 Å². The van der Waals surface area contributed by atoms with Crippen molar-refractivity contribution < 1.29 is 4.79 Å². The minimum Gasteiger partial charge on any atom is -0.367 e. The largest absolute Gasteiger partial charge is 0.367 e. The standard InChI is InChI=1S/C19H22BrN3O/c1-14-4-3-5-16(12-14)21-19(24)23-10-8-22(9-11-23)18-7-6-15(2)13-17(18)20/h3-7,12-13H,8-11H2,1-2H3,(H,21,24). The van der Waals surface area contributed by atoms with E-state index in [9.17, 15) is 4.79 Å². The molecule has 0 aromatic heterocycles. The number of anilines is 2. The zero-order chi connectivity index (χ0) is 17.1. The number of hydrogen-bond acceptors (Lipinski definition) is 2. The van der Waals surface area contributed by atoms with Crippen molar-refractivity contribution in [2.24, 2.45) is 0 Å². The number of urea groups is 1. The van der Waals surface area contributed by atoms with Gasteiger partial charge in [-0.2, -0.15) is 0 Å². The summed E-state index contributed by atoms with van der Waals surface area (Å²) in [6, 6.07) is 14.3. The molecule has 0 spiro atoms. The first-order chi connectivity index (χ1) is 11.5. The Bertz CT molecular complexity index is 739. The van der Waals surface area contributed by atoms with Crippen LogP contribution >= 0.6 is 15.9 Å². The Morgan fingerprint density at radius 1 is 1.00 bits per heavy atom. The molecule has 0 unspecified atom stereocenters. The molecule has 24 heavy (non-hydrogen) atoms. The molecule has 1 heterocycles. The van der Waals surface area contributed by atoms with Crippen LogP contribution in [0.3, 0.4) is 0 Å². The average molecular weight is 388 g/mol. The van der Waals surface area contributed by atoms with Crippen LogP contribution in [0.1, 0.15) is 11.1 Å². The molecule has 2 amide bonds. The number of carbonyl (C=O) groups is 1. The van der Waals surface area contributed by atoms with Gasteiger partial charge >= 0.3 is 6.03 Å². The number of amides is 2. The number of rotatable bonds is 2. The van der Waals surface area contributed by atoms with Gasteiger partial charge in [0.05, 0.1) is 5.69 Å². The van der Waals surface area contributed by atoms with Gasteiger partial charge in [0.25, 0.3) is 0 Å². The number of halogens is 1. The summed E-state index contributed by atoms with van der Waals surface area (Å²) in [5.74, 6) is 0. The SMILES string of the molecule is Cc1cccc(NC(=O)N2CCN(c3ccc(C)cc3Br)CC2)c1. The van der Waals surface area contributed by atoms with Crippen LogP contribution in [0, 0.1) is 13.8 Å². The highest BCUT2D eigenvalue weighted by Crippen LogP contribution is 2.28. The molecule has 1 aliphatic rings. The number of nitrogens with one attached hydrogen (secondary N) is 1. The molecule has 0 aliphatic carbocycles. The fourth-order valence-corrected chi connectivity index (χ4v) is 3.69. The third kappa shape index (κ3) is 3.90. The van der Waals surface area contributed by atoms with E-state index in [-0.39, 0.29) is 6.03 Å². The average Bonchev–Trinajstić information content (AvgIpc) is 2.55. The normalized spacial score (nSPS) is 14.6. The lowest BCUT2D eigenvalue weighted by Crippen LogP contribution is -2.50. The second kappa shape index (κ2) is 7.26. The van der Waals surface area contributed by atoms with E-state index in [4.69, 9.17) is 0 Å². The van der Waals surface area contributed by atoms with Crippen molar-refractivity contribution in [2.45, 2.75) is 13.8 Å². The molecule has 2 aromatic rings. The van der Waals surface area contributed by atoms with E-state index in [1.807, 2.05) is 36.1 Å². The summed E-state index contributed by atoms with van der Waals surface area (Å²) < 4.78 is 1.11. The zero-order valence-electron chi connectivity index (χ0n) is 14.1. The molecule has 1 fully saturated rings. The van der Waals surface area contributed by atoms with E-state index in [2.05, 4.69) is 51.3 Å². The molecule has 1 N–H and O–H groups in total. The lowest BCUT2D eigenvalue weighted by Gasteiger charge is -2.36. The highest BCUT2D eigenvalue weighted by atomic mass is 79.9. The second-order valence-corrected chi connectivity index (χ2v) is 7.08. The molecule has 0 atom stereocenters. The van der Waals surface area contributed by atoms with Gasteiger partial charge in [-0.3, -0.25) is 0 Å². The summed E-state index contributed by atoms with van der Waals surface area (Å²) >= 11 is 3.64. The number of nitrogens with zero attached hydrogens (tertiary/aromatic N) is 2. The molecule has 3 rings (SSSR count). The van der Waals surface area contributed by atoms with Gasteiger partial charge in [-0.05, 0) is 65.2 Å². The number of aryl methyl sites for hydroxylation is 2. The predicted octanol–water partition coefficient (Wildman–Crippen LogP) is 4.42. The minimum atomic E-state index is -0.0248. The summed E-state index contributed by atoms with van der Waals surface area (Å²) in [6.45, 7) is 7.22. The topological polar surface area (TPSA) is 35.6 Å². The van der Waals surface area contributed by atoms with E-state index in [0.29, 0.717) is 0 Å². The third-order valence-electron chi connectivity index (χ3n) is 4.28. The molecular formula is C19H22BrN3O. The van der Waals surface area contributed by atoms with Crippen LogP contribution < -0.4 is 10.2 Å². The Morgan fingerprint density at radius 2 is 1.71 bits per heavy atom. The van der Waals surface area contributed by atoms with Gasteiger partial charge in [-0.15, -0.1) is 0 Å². The molecule has 2 aromatic carbocycles. The van der Waals surface area contributed by atoms with Crippen LogP contribution in [-0.4, -0.2) is 37.1 Å². The highest BCUT2D eigenvalue weighted by Gasteiger charge is 2.22. The first-order valence-electron chi connectivity index (χ1n) is 8.16. The van der Waals surface area contributed by atoms with Gasteiger partial charge in [-0.1, -0.05) is 18.2 Å². The molecular weight excluding hydrogens is 366 g/mol. The van der Waals surface area contributed by atoms with Crippen molar-refractivity contribution in [3.63, 3.8) is 0 Å². The molecule has 0 radical (unpaired) electrons. The Morgan fingerprint density at radius 3 is 2.38 bits per heavy atom. The first kappa shape index (κ1) is 16.8. The summed E-state index contributed by atoms with van der Waals surface area (Å²) in [4.78, 5) is 16.6. The highest BCUT2D eigenvalue weighted by molar-refractivity contribution is 9.10. The monoisotopic (exact) mass is 387 g/mol.